The van der Waals surface area contributed by atoms with E-state index in [1.54, 1.807) is 19.9 Å². The minimum absolute atomic E-state index is 0.0275. The second-order valence-corrected chi connectivity index (χ2v) is 6.61. The zero-order valence-electron chi connectivity index (χ0n) is 10.5. The molecule has 102 valence electrons. The van der Waals surface area contributed by atoms with Crippen molar-refractivity contribution in [2.75, 3.05) is 17.5 Å². The Hall–Kier alpha value is -1.14. The van der Waals surface area contributed by atoms with E-state index in [9.17, 15) is 12.8 Å². The van der Waals surface area contributed by atoms with Crippen LogP contribution in [0.15, 0.2) is 24.3 Å². The Morgan fingerprint density at radius 2 is 1.94 bits per heavy atom. The number of rotatable bonds is 6. The van der Waals surface area contributed by atoms with Crippen LogP contribution in [0.2, 0.25) is 0 Å². The van der Waals surface area contributed by atoms with E-state index in [1.165, 1.54) is 18.2 Å². The number of hydrogen-bond donors (Lipinski definition) is 1. The summed E-state index contributed by atoms with van der Waals surface area (Å²) in [6.45, 7) is 3.01. The highest BCUT2D eigenvalue weighted by atomic mass is 32.2. The summed E-state index contributed by atoms with van der Waals surface area (Å²) in [4.78, 5) is 0. The van der Waals surface area contributed by atoms with Crippen molar-refractivity contribution in [3.8, 4) is 0 Å². The third kappa shape index (κ3) is 3.20. The van der Waals surface area contributed by atoms with E-state index in [4.69, 9.17) is 5.11 Å². The van der Waals surface area contributed by atoms with Gasteiger partial charge in [-0.25, -0.2) is 12.8 Å². The zero-order valence-corrected chi connectivity index (χ0v) is 11.3. The fourth-order valence-electron chi connectivity index (χ4n) is 1.51. The summed E-state index contributed by atoms with van der Waals surface area (Å²) in [5, 5.41) is 8.18. The molecule has 0 aliphatic heterocycles. The van der Waals surface area contributed by atoms with Gasteiger partial charge in [-0.3, -0.25) is 4.31 Å². The fraction of sp³-hybridized carbons (Fsp3) is 0.500. The van der Waals surface area contributed by atoms with Gasteiger partial charge >= 0.3 is 0 Å². The highest BCUT2D eigenvalue weighted by Crippen LogP contribution is 2.24. The minimum atomic E-state index is -3.60. The number of benzene rings is 1. The SMILES string of the molecule is CC(C)S(=O)(=O)N(CCCO)c1ccccc1F. The molecule has 1 rings (SSSR count). The molecule has 0 fully saturated rings. The van der Waals surface area contributed by atoms with E-state index in [-0.39, 0.29) is 25.3 Å². The number of para-hydroxylation sites is 1. The standard InChI is InChI=1S/C12H18FNO3S/c1-10(2)18(16,17)14(8-5-9-15)12-7-4-3-6-11(12)13/h3-4,6-7,10,15H,5,8-9H2,1-2H3. The van der Waals surface area contributed by atoms with Crippen molar-refractivity contribution in [2.24, 2.45) is 0 Å². The van der Waals surface area contributed by atoms with Crippen LogP contribution in [0.5, 0.6) is 0 Å². The predicted octanol–water partition coefficient (Wildman–Crippen LogP) is 1.75. The van der Waals surface area contributed by atoms with Gasteiger partial charge in [-0.1, -0.05) is 12.1 Å². The summed E-state index contributed by atoms with van der Waals surface area (Å²) in [6.07, 6.45) is 0.264. The molecule has 1 N–H and O–H groups in total. The number of nitrogens with zero attached hydrogens (tertiary/aromatic N) is 1. The average Bonchev–Trinajstić information content (AvgIpc) is 2.31. The van der Waals surface area contributed by atoms with Crippen molar-refractivity contribution in [1.29, 1.82) is 0 Å². The van der Waals surface area contributed by atoms with E-state index in [1.807, 2.05) is 0 Å². The Bertz CT molecular complexity index is 488. The van der Waals surface area contributed by atoms with Crippen LogP contribution >= 0.6 is 0 Å². The van der Waals surface area contributed by atoms with Crippen molar-refractivity contribution in [3.05, 3.63) is 30.1 Å². The molecule has 0 spiro atoms. The van der Waals surface area contributed by atoms with Gasteiger partial charge in [0.2, 0.25) is 10.0 Å². The molecule has 4 nitrogen and oxygen atoms in total. The van der Waals surface area contributed by atoms with Gasteiger partial charge < -0.3 is 5.11 Å². The van der Waals surface area contributed by atoms with Crippen LogP contribution in [0.1, 0.15) is 20.3 Å². The van der Waals surface area contributed by atoms with Gasteiger partial charge in [-0.05, 0) is 32.4 Å². The van der Waals surface area contributed by atoms with Crippen LogP contribution in [0, 0.1) is 5.82 Å². The second-order valence-electron chi connectivity index (χ2n) is 4.19. The van der Waals surface area contributed by atoms with Crippen molar-refractivity contribution < 1.29 is 17.9 Å². The lowest BCUT2D eigenvalue weighted by Crippen LogP contribution is -2.38. The molecule has 1 aromatic carbocycles. The molecule has 1 aromatic rings. The first-order chi connectivity index (χ1) is 8.41. The summed E-state index contributed by atoms with van der Waals surface area (Å²) in [6, 6.07) is 5.73. The van der Waals surface area contributed by atoms with E-state index < -0.39 is 21.1 Å². The molecule has 18 heavy (non-hydrogen) atoms. The molecule has 0 saturated carbocycles. The van der Waals surface area contributed by atoms with Crippen LogP contribution in [-0.2, 0) is 10.0 Å². The first-order valence-corrected chi connectivity index (χ1v) is 7.28. The van der Waals surface area contributed by atoms with Crippen molar-refractivity contribution >= 4 is 15.7 Å². The van der Waals surface area contributed by atoms with E-state index in [0.29, 0.717) is 0 Å². The van der Waals surface area contributed by atoms with E-state index in [2.05, 4.69) is 0 Å². The Morgan fingerprint density at radius 3 is 2.44 bits per heavy atom. The lowest BCUT2D eigenvalue weighted by Gasteiger charge is -2.26. The molecule has 0 aromatic heterocycles. The Morgan fingerprint density at radius 1 is 1.33 bits per heavy atom. The summed E-state index contributed by atoms with van der Waals surface area (Å²) < 4.78 is 39.1. The molecule has 0 aliphatic carbocycles. The van der Waals surface area contributed by atoms with Crippen LogP contribution in [0.4, 0.5) is 10.1 Å². The quantitative estimate of drug-likeness (QED) is 0.860. The first-order valence-electron chi connectivity index (χ1n) is 5.78. The molecule has 0 bridgehead atoms. The summed E-state index contributed by atoms with van der Waals surface area (Å²) in [5.41, 5.74) is 0.0275. The summed E-state index contributed by atoms with van der Waals surface area (Å²) in [5.74, 6) is -0.584. The highest BCUT2D eigenvalue weighted by Gasteiger charge is 2.27. The van der Waals surface area contributed by atoms with Gasteiger partial charge in [0.1, 0.15) is 5.82 Å². The van der Waals surface area contributed by atoms with Crippen molar-refractivity contribution in [1.82, 2.24) is 0 Å². The van der Waals surface area contributed by atoms with Gasteiger partial charge in [0, 0.05) is 13.2 Å². The van der Waals surface area contributed by atoms with Gasteiger partial charge in [0.25, 0.3) is 0 Å². The molecule has 0 unspecified atom stereocenters. The molecular formula is C12H18FNO3S. The van der Waals surface area contributed by atoms with Crippen LogP contribution in [0.25, 0.3) is 0 Å². The molecule has 0 aliphatic rings. The largest absolute Gasteiger partial charge is 0.396 e. The normalized spacial score (nSPS) is 11.8. The highest BCUT2D eigenvalue weighted by molar-refractivity contribution is 7.93. The molecule has 0 amide bonds. The maximum Gasteiger partial charge on any atom is 0.237 e. The Labute approximate surface area is 107 Å². The number of hydrogen-bond acceptors (Lipinski definition) is 3. The summed E-state index contributed by atoms with van der Waals surface area (Å²) >= 11 is 0. The number of sulfonamides is 1. The summed E-state index contributed by atoms with van der Waals surface area (Å²) in [7, 11) is -3.60. The number of aliphatic hydroxyl groups excluding tert-OH is 1. The Kier molecular flexibility index (Phi) is 5.10. The maximum atomic E-state index is 13.7. The molecule has 6 heteroatoms. The van der Waals surface area contributed by atoms with E-state index >= 15 is 0 Å². The minimum Gasteiger partial charge on any atom is -0.396 e. The van der Waals surface area contributed by atoms with Gasteiger partial charge in [0.15, 0.2) is 0 Å². The predicted molar refractivity (Wildman–Crippen MR) is 69.5 cm³/mol. The molecule has 0 heterocycles. The van der Waals surface area contributed by atoms with Crippen LogP contribution < -0.4 is 4.31 Å². The molecular weight excluding hydrogens is 257 g/mol. The average molecular weight is 275 g/mol. The number of anilines is 1. The van der Waals surface area contributed by atoms with Gasteiger partial charge in [-0.2, -0.15) is 0 Å². The second kappa shape index (κ2) is 6.15. The lowest BCUT2D eigenvalue weighted by atomic mass is 10.3. The van der Waals surface area contributed by atoms with Gasteiger partial charge in [-0.15, -0.1) is 0 Å². The Balaban J connectivity index is 3.18. The first kappa shape index (κ1) is 14.9. The number of halogens is 1. The van der Waals surface area contributed by atoms with Crippen LogP contribution in [0.3, 0.4) is 0 Å². The lowest BCUT2D eigenvalue weighted by molar-refractivity contribution is 0.291. The fourth-order valence-corrected chi connectivity index (χ4v) is 2.82. The third-order valence-electron chi connectivity index (χ3n) is 2.54. The zero-order chi connectivity index (χ0) is 13.8. The number of aliphatic hydroxyl groups is 1. The molecule has 0 atom stereocenters. The maximum absolute atomic E-state index is 13.7. The van der Waals surface area contributed by atoms with Crippen molar-refractivity contribution in [3.63, 3.8) is 0 Å². The topological polar surface area (TPSA) is 57.6 Å². The van der Waals surface area contributed by atoms with Gasteiger partial charge in [0.05, 0.1) is 10.9 Å². The molecule has 0 radical (unpaired) electrons. The van der Waals surface area contributed by atoms with E-state index in [0.717, 1.165) is 4.31 Å². The van der Waals surface area contributed by atoms with Crippen LogP contribution in [-0.4, -0.2) is 31.9 Å². The van der Waals surface area contributed by atoms with Crippen molar-refractivity contribution in [2.45, 2.75) is 25.5 Å². The third-order valence-corrected chi connectivity index (χ3v) is 4.73. The monoisotopic (exact) mass is 275 g/mol. The molecule has 0 saturated heterocycles. The smallest absolute Gasteiger partial charge is 0.237 e.